The van der Waals surface area contributed by atoms with Crippen LogP contribution < -0.4 is 10.0 Å². The molecular formula is C13H20N6O2S. The van der Waals surface area contributed by atoms with E-state index in [2.05, 4.69) is 37.4 Å². The smallest absolute Gasteiger partial charge is 0.266 e. The Hall–Kier alpha value is -2.16. The lowest BCUT2D eigenvalue weighted by molar-refractivity contribution is 0.600. The molecule has 0 fully saturated rings. The molecule has 0 bridgehead atoms. The zero-order chi connectivity index (χ0) is 16.3. The Bertz CT molecular complexity index is 719. The molecule has 2 heterocycles. The van der Waals surface area contributed by atoms with Crippen LogP contribution in [0.5, 0.6) is 0 Å². The van der Waals surface area contributed by atoms with E-state index in [1.807, 2.05) is 6.92 Å². The second-order valence-electron chi connectivity index (χ2n) is 5.13. The molecule has 0 radical (unpaired) electrons. The lowest BCUT2D eigenvalue weighted by atomic mass is 10.2. The molecule has 9 heteroatoms. The zero-order valence-corrected chi connectivity index (χ0v) is 13.8. The Morgan fingerprint density at radius 2 is 1.86 bits per heavy atom. The van der Waals surface area contributed by atoms with Crippen LogP contribution in [0.25, 0.3) is 0 Å². The summed E-state index contributed by atoms with van der Waals surface area (Å²) in [7, 11) is -3.74. The van der Waals surface area contributed by atoms with E-state index in [0.29, 0.717) is 17.2 Å². The van der Waals surface area contributed by atoms with Gasteiger partial charge in [0, 0.05) is 6.04 Å². The number of hydrogen-bond donors (Lipinski definition) is 3. The van der Waals surface area contributed by atoms with Crippen molar-refractivity contribution in [3.05, 3.63) is 23.5 Å². The van der Waals surface area contributed by atoms with Gasteiger partial charge in [0.2, 0.25) is 0 Å². The van der Waals surface area contributed by atoms with Crippen molar-refractivity contribution in [2.45, 2.75) is 45.1 Å². The maximum atomic E-state index is 12.4. The summed E-state index contributed by atoms with van der Waals surface area (Å²) < 4.78 is 27.1. The summed E-state index contributed by atoms with van der Waals surface area (Å²) in [6, 6.07) is 3.53. The van der Waals surface area contributed by atoms with Crippen LogP contribution in [-0.2, 0) is 10.0 Å². The van der Waals surface area contributed by atoms with Crippen molar-refractivity contribution in [2.24, 2.45) is 0 Å². The number of rotatable bonds is 6. The van der Waals surface area contributed by atoms with Gasteiger partial charge >= 0.3 is 0 Å². The maximum absolute atomic E-state index is 12.4. The summed E-state index contributed by atoms with van der Waals surface area (Å²) >= 11 is 0. The van der Waals surface area contributed by atoms with Crippen LogP contribution in [0.15, 0.2) is 17.0 Å². The van der Waals surface area contributed by atoms with E-state index in [-0.39, 0.29) is 16.8 Å². The molecule has 0 aromatic carbocycles. The second-order valence-corrected chi connectivity index (χ2v) is 6.75. The first-order valence-electron chi connectivity index (χ1n) is 6.98. The molecule has 0 aliphatic heterocycles. The molecule has 2 rings (SSSR count). The molecule has 0 spiro atoms. The first-order valence-corrected chi connectivity index (χ1v) is 8.46. The fourth-order valence-electron chi connectivity index (χ4n) is 1.94. The highest BCUT2D eigenvalue weighted by atomic mass is 32.2. The van der Waals surface area contributed by atoms with E-state index in [4.69, 9.17) is 0 Å². The van der Waals surface area contributed by atoms with Crippen LogP contribution in [0.3, 0.4) is 0 Å². The van der Waals surface area contributed by atoms with Gasteiger partial charge in [0.25, 0.3) is 10.0 Å². The van der Waals surface area contributed by atoms with E-state index < -0.39 is 10.0 Å². The monoisotopic (exact) mass is 324 g/mol. The van der Waals surface area contributed by atoms with Gasteiger partial charge in [0.1, 0.15) is 10.7 Å². The highest BCUT2D eigenvalue weighted by Gasteiger charge is 2.22. The molecule has 3 N–H and O–H groups in total. The minimum atomic E-state index is -3.74. The van der Waals surface area contributed by atoms with E-state index in [1.165, 1.54) is 0 Å². The summed E-state index contributed by atoms with van der Waals surface area (Å²) in [4.78, 5) is 0.135. The van der Waals surface area contributed by atoms with Crippen molar-refractivity contribution in [2.75, 3.05) is 10.0 Å². The number of aromatic amines is 1. The molecular weight excluding hydrogens is 304 g/mol. The Kier molecular flexibility index (Phi) is 4.65. The first kappa shape index (κ1) is 16.2. The third kappa shape index (κ3) is 3.53. The molecule has 1 unspecified atom stereocenters. The van der Waals surface area contributed by atoms with Crippen LogP contribution in [-0.4, -0.2) is 34.9 Å². The summed E-state index contributed by atoms with van der Waals surface area (Å²) in [5.74, 6) is 0.766. The largest absolute Gasteiger partial charge is 0.366 e. The van der Waals surface area contributed by atoms with Crippen LogP contribution >= 0.6 is 0 Å². The number of aryl methyl sites for hydroxylation is 2. The van der Waals surface area contributed by atoms with Gasteiger partial charge in [-0.1, -0.05) is 6.92 Å². The molecule has 0 aliphatic carbocycles. The third-order valence-corrected chi connectivity index (χ3v) is 4.86. The average Bonchev–Trinajstić information content (AvgIpc) is 2.80. The highest BCUT2D eigenvalue weighted by Crippen LogP contribution is 2.20. The quantitative estimate of drug-likeness (QED) is 0.747. The SMILES string of the molecule is CCC(C)Nc1ccc(NS(=O)(=O)c2c(C)n[nH]c2C)nn1. The van der Waals surface area contributed by atoms with Crippen molar-refractivity contribution < 1.29 is 8.42 Å². The molecule has 2 aromatic rings. The molecule has 0 aliphatic rings. The number of nitrogens with one attached hydrogen (secondary N) is 3. The lowest BCUT2D eigenvalue weighted by Crippen LogP contribution is -2.17. The first-order chi connectivity index (χ1) is 10.3. The minimum Gasteiger partial charge on any atom is -0.366 e. The predicted molar refractivity (Wildman–Crippen MR) is 84.3 cm³/mol. The zero-order valence-electron chi connectivity index (χ0n) is 13.0. The standard InChI is InChI=1S/C13H20N6O2S/c1-5-8(2)14-11-6-7-12(18-17-11)19-22(20,21)13-9(3)15-16-10(13)4/h6-8H,5H2,1-4H3,(H,14,17)(H,15,16)(H,18,19). The van der Waals surface area contributed by atoms with Gasteiger partial charge in [-0.3, -0.25) is 9.82 Å². The van der Waals surface area contributed by atoms with Gasteiger partial charge in [0.05, 0.1) is 11.4 Å². The van der Waals surface area contributed by atoms with Crippen molar-refractivity contribution >= 4 is 21.7 Å². The molecule has 2 aromatic heterocycles. The normalized spacial score (nSPS) is 12.9. The molecule has 120 valence electrons. The summed E-state index contributed by atoms with van der Waals surface area (Å²) in [6.07, 6.45) is 0.953. The van der Waals surface area contributed by atoms with Gasteiger partial charge in [-0.15, -0.1) is 10.2 Å². The fraction of sp³-hybridized carbons (Fsp3) is 0.462. The van der Waals surface area contributed by atoms with Gasteiger partial charge in [0.15, 0.2) is 5.82 Å². The Balaban J connectivity index is 2.17. The minimum absolute atomic E-state index is 0.135. The maximum Gasteiger partial charge on any atom is 0.266 e. The van der Waals surface area contributed by atoms with E-state index in [0.717, 1.165) is 6.42 Å². The molecule has 0 saturated heterocycles. The van der Waals surface area contributed by atoms with E-state index in [9.17, 15) is 8.42 Å². The lowest BCUT2D eigenvalue weighted by Gasteiger charge is -2.12. The number of hydrogen-bond acceptors (Lipinski definition) is 6. The molecule has 8 nitrogen and oxygen atoms in total. The summed E-state index contributed by atoms with van der Waals surface area (Å²) in [6.45, 7) is 7.37. The fourth-order valence-corrected chi connectivity index (χ4v) is 3.31. The van der Waals surface area contributed by atoms with Crippen molar-refractivity contribution in [1.29, 1.82) is 0 Å². The number of anilines is 2. The van der Waals surface area contributed by atoms with E-state index in [1.54, 1.807) is 26.0 Å². The average molecular weight is 324 g/mol. The van der Waals surface area contributed by atoms with Crippen LogP contribution in [0.4, 0.5) is 11.6 Å². The van der Waals surface area contributed by atoms with Crippen LogP contribution in [0, 0.1) is 13.8 Å². The predicted octanol–water partition coefficient (Wildman–Crippen LogP) is 1.83. The van der Waals surface area contributed by atoms with Gasteiger partial charge < -0.3 is 5.32 Å². The molecule has 22 heavy (non-hydrogen) atoms. The van der Waals surface area contributed by atoms with Crippen molar-refractivity contribution in [3.63, 3.8) is 0 Å². The van der Waals surface area contributed by atoms with Gasteiger partial charge in [-0.2, -0.15) is 5.10 Å². The molecule has 0 amide bonds. The highest BCUT2D eigenvalue weighted by molar-refractivity contribution is 7.92. The number of aromatic nitrogens is 4. The van der Waals surface area contributed by atoms with Crippen molar-refractivity contribution in [3.8, 4) is 0 Å². The summed E-state index contributed by atoms with van der Waals surface area (Å²) in [5, 5.41) is 17.6. The number of nitrogens with zero attached hydrogens (tertiary/aromatic N) is 3. The third-order valence-electron chi connectivity index (χ3n) is 3.24. The molecule has 1 atom stereocenters. The second kappa shape index (κ2) is 6.30. The van der Waals surface area contributed by atoms with Gasteiger partial charge in [-0.05, 0) is 39.3 Å². The Morgan fingerprint density at radius 1 is 1.23 bits per heavy atom. The van der Waals surface area contributed by atoms with Gasteiger partial charge in [-0.25, -0.2) is 8.42 Å². The number of sulfonamides is 1. The Labute approximate surface area is 129 Å². The van der Waals surface area contributed by atoms with Crippen LogP contribution in [0.1, 0.15) is 31.7 Å². The summed E-state index contributed by atoms with van der Waals surface area (Å²) in [5.41, 5.74) is 0.890. The van der Waals surface area contributed by atoms with Crippen molar-refractivity contribution in [1.82, 2.24) is 20.4 Å². The van der Waals surface area contributed by atoms with E-state index >= 15 is 0 Å². The van der Waals surface area contributed by atoms with Crippen LogP contribution in [0.2, 0.25) is 0 Å². The topological polar surface area (TPSA) is 113 Å². The number of H-pyrrole nitrogens is 1. The Morgan fingerprint density at radius 3 is 2.36 bits per heavy atom. The molecule has 0 saturated carbocycles.